The van der Waals surface area contributed by atoms with Crippen LogP contribution in [0.2, 0.25) is 0 Å². The molecule has 0 spiro atoms. The van der Waals surface area contributed by atoms with Crippen LogP contribution in [0.3, 0.4) is 0 Å². The highest BCUT2D eigenvalue weighted by molar-refractivity contribution is 6.19. The number of fused-ring (bicyclic) bond motifs is 1. The molecule has 1 N–H and O–H groups in total. The van der Waals surface area contributed by atoms with Crippen molar-refractivity contribution in [3.8, 4) is 0 Å². The third kappa shape index (κ3) is 3.24. The minimum absolute atomic E-state index is 0.160. The van der Waals surface area contributed by atoms with Crippen LogP contribution in [0.1, 0.15) is 20.7 Å². The van der Waals surface area contributed by atoms with Gasteiger partial charge in [-0.1, -0.05) is 24.3 Å². The summed E-state index contributed by atoms with van der Waals surface area (Å²) in [6.07, 6.45) is 0. The first kappa shape index (κ1) is 17.8. The maximum absolute atomic E-state index is 13.6. The molecule has 0 bridgehead atoms. The second-order valence-electron chi connectivity index (χ2n) is 6.62. The summed E-state index contributed by atoms with van der Waals surface area (Å²) in [6.45, 7) is 1.97. The van der Waals surface area contributed by atoms with Crippen molar-refractivity contribution in [3.63, 3.8) is 0 Å². The summed E-state index contributed by atoms with van der Waals surface area (Å²) in [4.78, 5) is 28.2. The lowest BCUT2D eigenvalue weighted by molar-refractivity contribution is 0.0134. The molecule has 2 atom stereocenters. The quantitative estimate of drug-likeness (QED) is 0.897. The van der Waals surface area contributed by atoms with Gasteiger partial charge in [0, 0.05) is 36.0 Å². The van der Waals surface area contributed by atoms with Gasteiger partial charge in [-0.15, -0.1) is 0 Å². The van der Waals surface area contributed by atoms with E-state index in [9.17, 15) is 18.4 Å². The van der Waals surface area contributed by atoms with Gasteiger partial charge < -0.3 is 10.1 Å². The molecule has 140 valence electrons. The zero-order chi connectivity index (χ0) is 19.0. The van der Waals surface area contributed by atoms with E-state index in [0.717, 1.165) is 12.1 Å². The van der Waals surface area contributed by atoms with Gasteiger partial charge in [-0.3, -0.25) is 14.5 Å². The van der Waals surface area contributed by atoms with Gasteiger partial charge in [-0.25, -0.2) is 8.78 Å². The van der Waals surface area contributed by atoms with Gasteiger partial charge in [0.15, 0.2) is 23.2 Å². The van der Waals surface area contributed by atoms with Gasteiger partial charge >= 0.3 is 0 Å². The fraction of sp³-hybridized carbons (Fsp3) is 0.300. The van der Waals surface area contributed by atoms with Crippen LogP contribution < -0.4 is 5.32 Å². The van der Waals surface area contributed by atoms with Gasteiger partial charge in [0.2, 0.25) is 0 Å². The molecule has 0 aromatic heterocycles. The standard InChI is InChI=1S/C20H18F2N2O3/c21-15-6-5-12(11-16(15)22)23-17-18(24-7-9-27-10-8-24)20(26)14-4-2-1-3-13(14)19(17)25/h1-6,11,17-18,23H,7-10H2. The summed E-state index contributed by atoms with van der Waals surface area (Å²) in [6, 6.07) is 8.40. The Labute approximate surface area is 154 Å². The number of carbonyl (C=O) groups is 2. The van der Waals surface area contributed by atoms with Crippen molar-refractivity contribution in [2.75, 3.05) is 31.6 Å². The Balaban J connectivity index is 1.73. The number of Topliss-reactive ketones (excluding diaryl/α,β-unsaturated/α-hetero) is 2. The van der Waals surface area contributed by atoms with Crippen LogP contribution in [0.25, 0.3) is 0 Å². The maximum Gasteiger partial charge on any atom is 0.187 e. The molecule has 1 fully saturated rings. The molecule has 4 rings (SSSR count). The molecule has 7 heteroatoms. The van der Waals surface area contributed by atoms with Crippen molar-refractivity contribution < 1.29 is 23.1 Å². The average Bonchev–Trinajstić information content (AvgIpc) is 2.69. The molecule has 0 amide bonds. The summed E-state index contributed by atoms with van der Waals surface area (Å²) in [5.41, 5.74) is 0.979. The van der Waals surface area contributed by atoms with E-state index in [1.165, 1.54) is 6.07 Å². The number of anilines is 1. The summed E-state index contributed by atoms with van der Waals surface area (Å²) in [7, 11) is 0. The molecule has 1 saturated heterocycles. The van der Waals surface area contributed by atoms with Crippen molar-refractivity contribution in [2.24, 2.45) is 0 Å². The Bertz CT molecular complexity index is 897. The zero-order valence-electron chi connectivity index (χ0n) is 14.5. The highest BCUT2D eigenvalue weighted by Crippen LogP contribution is 2.28. The smallest absolute Gasteiger partial charge is 0.187 e. The molecule has 1 heterocycles. The molecule has 27 heavy (non-hydrogen) atoms. The lowest BCUT2D eigenvalue weighted by Gasteiger charge is -2.40. The summed E-state index contributed by atoms with van der Waals surface area (Å²) < 4.78 is 32.2. The first-order valence-corrected chi connectivity index (χ1v) is 8.77. The largest absolute Gasteiger partial charge is 0.379 e. The minimum Gasteiger partial charge on any atom is -0.379 e. The average molecular weight is 372 g/mol. The Morgan fingerprint density at radius 1 is 0.926 bits per heavy atom. The van der Waals surface area contributed by atoms with Crippen LogP contribution >= 0.6 is 0 Å². The van der Waals surface area contributed by atoms with Crippen LogP contribution in [-0.4, -0.2) is 54.9 Å². The van der Waals surface area contributed by atoms with Crippen LogP contribution in [0.15, 0.2) is 42.5 Å². The second-order valence-corrected chi connectivity index (χ2v) is 6.62. The molecule has 1 aliphatic carbocycles. The van der Waals surface area contributed by atoms with Gasteiger partial charge in [0.25, 0.3) is 0 Å². The van der Waals surface area contributed by atoms with E-state index in [2.05, 4.69) is 5.32 Å². The number of hydrogen-bond donors (Lipinski definition) is 1. The van der Waals surface area contributed by atoms with Crippen LogP contribution in [0.4, 0.5) is 14.5 Å². The molecular weight excluding hydrogens is 354 g/mol. The Morgan fingerprint density at radius 2 is 1.59 bits per heavy atom. The van der Waals surface area contributed by atoms with Crippen molar-refractivity contribution in [2.45, 2.75) is 12.1 Å². The van der Waals surface area contributed by atoms with Gasteiger partial charge in [-0.05, 0) is 12.1 Å². The number of halogens is 2. The van der Waals surface area contributed by atoms with E-state index < -0.39 is 23.7 Å². The first-order valence-electron chi connectivity index (χ1n) is 8.77. The molecule has 0 saturated carbocycles. The number of benzene rings is 2. The van der Waals surface area contributed by atoms with Crippen molar-refractivity contribution >= 4 is 17.3 Å². The van der Waals surface area contributed by atoms with Crippen molar-refractivity contribution in [3.05, 3.63) is 65.2 Å². The Kier molecular flexibility index (Phi) is 4.72. The van der Waals surface area contributed by atoms with E-state index in [-0.39, 0.29) is 17.3 Å². The highest BCUT2D eigenvalue weighted by Gasteiger charge is 2.44. The number of nitrogens with zero attached hydrogens (tertiary/aromatic N) is 1. The number of ketones is 2. The molecule has 5 nitrogen and oxygen atoms in total. The van der Waals surface area contributed by atoms with Gasteiger partial charge in [-0.2, -0.15) is 0 Å². The van der Waals surface area contributed by atoms with Gasteiger partial charge in [0.1, 0.15) is 12.1 Å². The Morgan fingerprint density at radius 3 is 2.26 bits per heavy atom. The normalized spacial score (nSPS) is 23.2. The fourth-order valence-electron chi connectivity index (χ4n) is 3.68. The number of morpholine rings is 1. The van der Waals surface area contributed by atoms with Crippen LogP contribution in [0.5, 0.6) is 0 Å². The first-order chi connectivity index (χ1) is 13.1. The summed E-state index contributed by atoms with van der Waals surface area (Å²) >= 11 is 0. The fourth-order valence-corrected chi connectivity index (χ4v) is 3.68. The van der Waals surface area contributed by atoms with Crippen molar-refractivity contribution in [1.29, 1.82) is 0 Å². The summed E-state index contributed by atoms with van der Waals surface area (Å²) in [5, 5.41) is 2.96. The number of nitrogens with one attached hydrogen (secondary N) is 1. The zero-order valence-corrected chi connectivity index (χ0v) is 14.5. The molecule has 2 aromatic rings. The SMILES string of the molecule is O=C1c2ccccc2C(=O)C(N2CCOCC2)C1Nc1ccc(F)c(F)c1. The predicted octanol–water partition coefficient (Wildman–Crippen LogP) is 2.53. The summed E-state index contributed by atoms with van der Waals surface area (Å²) in [5.74, 6) is -2.39. The maximum atomic E-state index is 13.6. The predicted molar refractivity (Wildman–Crippen MR) is 95.1 cm³/mol. The molecule has 2 aliphatic rings. The third-order valence-electron chi connectivity index (χ3n) is 5.01. The lowest BCUT2D eigenvalue weighted by Crippen LogP contribution is -2.60. The Hall–Kier alpha value is -2.64. The third-order valence-corrected chi connectivity index (χ3v) is 5.01. The van der Waals surface area contributed by atoms with Crippen LogP contribution in [-0.2, 0) is 4.74 Å². The number of carbonyl (C=O) groups excluding carboxylic acids is 2. The van der Waals surface area contributed by atoms with Crippen molar-refractivity contribution in [1.82, 2.24) is 4.90 Å². The molecule has 1 aliphatic heterocycles. The molecular formula is C20H18F2N2O3. The molecule has 0 radical (unpaired) electrons. The van der Waals surface area contributed by atoms with E-state index in [0.29, 0.717) is 37.4 Å². The topological polar surface area (TPSA) is 58.6 Å². The second kappa shape index (κ2) is 7.17. The van der Waals surface area contributed by atoms with E-state index >= 15 is 0 Å². The lowest BCUT2D eigenvalue weighted by atomic mass is 9.81. The number of hydrogen-bond acceptors (Lipinski definition) is 5. The highest BCUT2D eigenvalue weighted by atomic mass is 19.2. The van der Waals surface area contributed by atoms with E-state index in [1.807, 2.05) is 4.90 Å². The minimum atomic E-state index is -1.02. The van der Waals surface area contributed by atoms with E-state index in [1.54, 1.807) is 24.3 Å². The monoisotopic (exact) mass is 372 g/mol. The number of rotatable bonds is 3. The van der Waals surface area contributed by atoms with E-state index in [4.69, 9.17) is 4.74 Å². The number of ether oxygens (including phenoxy) is 1. The molecule has 2 unspecified atom stereocenters. The van der Waals surface area contributed by atoms with Gasteiger partial charge in [0.05, 0.1) is 13.2 Å². The van der Waals surface area contributed by atoms with Crippen LogP contribution in [0, 0.1) is 11.6 Å². The molecule has 2 aromatic carbocycles.